The van der Waals surface area contributed by atoms with E-state index in [0.29, 0.717) is 40.3 Å². The molecule has 8 heteroatoms. The van der Waals surface area contributed by atoms with Crippen molar-refractivity contribution in [1.82, 2.24) is 0 Å². The van der Waals surface area contributed by atoms with E-state index in [2.05, 4.69) is 0 Å². The summed E-state index contributed by atoms with van der Waals surface area (Å²) in [5.74, 6) is 0.799. The van der Waals surface area contributed by atoms with E-state index in [9.17, 15) is 9.59 Å². The monoisotopic (exact) mass is 437 g/mol. The zero-order valence-electron chi connectivity index (χ0n) is 15.2. The molecule has 0 aromatic heterocycles. The molecule has 1 aliphatic heterocycles. The minimum Gasteiger partial charge on any atom is -0.490 e. The first-order valence-electron chi connectivity index (χ1n) is 8.57. The molecule has 2 aromatic carbocycles. The van der Waals surface area contributed by atoms with Crippen LogP contribution in [0.4, 0.5) is 10.5 Å². The molecule has 1 saturated heterocycles. The van der Waals surface area contributed by atoms with E-state index in [-0.39, 0.29) is 5.02 Å². The second-order valence-corrected chi connectivity index (χ2v) is 7.50. The standard InChI is InChI=1S/C20H17Cl2NO4S/c1-3-26-16-8-5-12(9-17(16)27-4-2)10-18-19(24)23(20(25)28-18)13-6-7-14(21)15(22)11-13/h5-11H,3-4H2,1-2H3/b18-10-. The number of thioether (sulfide) groups is 1. The van der Waals surface area contributed by atoms with Crippen LogP contribution in [0, 0.1) is 0 Å². The van der Waals surface area contributed by atoms with E-state index in [4.69, 9.17) is 32.7 Å². The van der Waals surface area contributed by atoms with Crippen LogP contribution in [0.2, 0.25) is 10.0 Å². The lowest BCUT2D eigenvalue weighted by Crippen LogP contribution is -2.27. The number of imide groups is 1. The molecule has 0 saturated carbocycles. The third-order valence-electron chi connectivity index (χ3n) is 3.82. The summed E-state index contributed by atoms with van der Waals surface area (Å²) in [6, 6.07) is 9.99. The molecule has 0 spiro atoms. The number of rotatable bonds is 6. The number of carbonyl (C=O) groups excluding carboxylic acids is 2. The molecule has 0 radical (unpaired) electrons. The van der Waals surface area contributed by atoms with Gasteiger partial charge in [-0.05, 0) is 67.6 Å². The van der Waals surface area contributed by atoms with Gasteiger partial charge >= 0.3 is 0 Å². The minimum atomic E-state index is -0.416. The molecule has 0 bridgehead atoms. The normalized spacial score (nSPS) is 15.4. The van der Waals surface area contributed by atoms with Gasteiger partial charge in [0.1, 0.15) is 0 Å². The molecule has 2 aromatic rings. The van der Waals surface area contributed by atoms with Crippen molar-refractivity contribution in [1.29, 1.82) is 0 Å². The number of amides is 2. The summed E-state index contributed by atoms with van der Waals surface area (Å²) in [6.07, 6.45) is 1.65. The highest BCUT2D eigenvalue weighted by molar-refractivity contribution is 8.19. The molecule has 28 heavy (non-hydrogen) atoms. The maximum absolute atomic E-state index is 12.8. The molecule has 5 nitrogen and oxygen atoms in total. The summed E-state index contributed by atoms with van der Waals surface area (Å²) in [6.45, 7) is 4.77. The van der Waals surface area contributed by atoms with Crippen molar-refractivity contribution in [2.45, 2.75) is 13.8 Å². The second-order valence-electron chi connectivity index (χ2n) is 5.69. The summed E-state index contributed by atoms with van der Waals surface area (Å²) < 4.78 is 11.2. The number of hydrogen-bond acceptors (Lipinski definition) is 5. The Morgan fingerprint density at radius 2 is 1.68 bits per heavy atom. The Hall–Kier alpha value is -2.15. The van der Waals surface area contributed by atoms with Crippen LogP contribution < -0.4 is 14.4 Å². The van der Waals surface area contributed by atoms with E-state index < -0.39 is 11.1 Å². The molecule has 0 N–H and O–H groups in total. The van der Waals surface area contributed by atoms with Gasteiger partial charge in [0, 0.05) is 0 Å². The van der Waals surface area contributed by atoms with Crippen LogP contribution in [0.3, 0.4) is 0 Å². The van der Waals surface area contributed by atoms with Gasteiger partial charge in [-0.2, -0.15) is 0 Å². The fraction of sp³-hybridized carbons (Fsp3) is 0.200. The molecule has 1 heterocycles. The van der Waals surface area contributed by atoms with Gasteiger partial charge in [0.2, 0.25) is 0 Å². The van der Waals surface area contributed by atoms with E-state index in [1.807, 2.05) is 13.8 Å². The van der Waals surface area contributed by atoms with Crippen molar-refractivity contribution in [2.75, 3.05) is 18.1 Å². The van der Waals surface area contributed by atoms with Crippen LogP contribution in [0.5, 0.6) is 11.5 Å². The Bertz CT molecular complexity index is 961. The predicted molar refractivity (Wildman–Crippen MR) is 114 cm³/mol. The van der Waals surface area contributed by atoms with Crippen molar-refractivity contribution >= 4 is 57.9 Å². The third kappa shape index (κ3) is 4.29. The largest absolute Gasteiger partial charge is 0.490 e. The highest BCUT2D eigenvalue weighted by atomic mass is 35.5. The first kappa shape index (κ1) is 20.6. The first-order valence-corrected chi connectivity index (χ1v) is 10.1. The molecule has 0 atom stereocenters. The van der Waals surface area contributed by atoms with Crippen LogP contribution in [0.25, 0.3) is 6.08 Å². The van der Waals surface area contributed by atoms with Gasteiger partial charge in [0.25, 0.3) is 11.1 Å². The molecule has 0 unspecified atom stereocenters. The number of benzene rings is 2. The summed E-state index contributed by atoms with van der Waals surface area (Å²) >= 11 is 12.8. The fourth-order valence-corrected chi connectivity index (χ4v) is 3.76. The Labute approximate surface area is 177 Å². The molecule has 2 amide bonds. The number of ether oxygens (including phenoxy) is 2. The Morgan fingerprint density at radius 3 is 2.36 bits per heavy atom. The van der Waals surface area contributed by atoms with Crippen LogP contribution in [-0.4, -0.2) is 24.4 Å². The lowest BCUT2D eigenvalue weighted by molar-refractivity contribution is -0.113. The summed E-state index contributed by atoms with van der Waals surface area (Å²) in [7, 11) is 0. The highest BCUT2D eigenvalue weighted by Crippen LogP contribution is 2.38. The van der Waals surface area contributed by atoms with Crippen LogP contribution in [0.1, 0.15) is 19.4 Å². The summed E-state index contributed by atoms with van der Waals surface area (Å²) in [5, 5.41) is 0.228. The van der Waals surface area contributed by atoms with Gasteiger partial charge in [-0.15, -0.1) is 0 Å². The van der Waals surface area contributed by atoms with E-state index >= 15 is 0 Å². The number of carbonyl (C=O) groups is 2. The zero-order valence-corrected chi connectivity index (χ0v) is 17.5. The Balaban J connectivity index is 1.91. The molecule has 1 fully saturated rings. The van der Waals surface area contributed by atoms with Crippen LogP contribution >= 0.6 is 35.0 Å². The maximum Gasteiger partial charge on any atom is 0.298 e. The van der Waals surface area contributed by atoms with Gasteiger partial charge in [0.05, 0.1) is 33.9 Å². The molecule has 3 rings (SSSR count). The van der Waals surface area contributed by atoms with E-state index in [1.54, 1.807) is 36.4 Å². The molecule has 0 aliphatic carbocycles. The molecular weight excluding hydrogens is 421 g/mol. The average Bonchev–Trinajstić information content (AvgIpc) is 2.93. The van der Waals surface area contributed by atoms with Gasteiger partial charge in [0.15, 0.2) is 11.5 Å². The number of halogens is 2. The van der Waals surface area contributed by atoms with E-state index in [0.717, 1.165) is 22.2 Å². The zero-order chi connectivity index (χ0) is 20.3. The topological polar surface area (TPSA) is 55.8 Å². The van der Waals surface area contributed by atoms with Gasteiger partial charge < -0.3 is 9.47 Å². The van der Waals surface area contributed by atoms with Crippen molar-refractivity contribution < 1.29 is 19.1 Å². The summed E-state index contributed by atoms with van der Waals surface area (Å²) in [5.41, 5.74) is 1.11. The predicted octanol–water partition coefficient (Wildman–Crippen LogP) is 6.03. The SMILES string of the molecule is CCOc1ccc(/C=C2\SC(=O)N(c3ccc(Cl)c(Cl)c3)C2=O)cc1OCC. The fourth-order valence-electron chi connectivity index (χ4n) is 2.62. The quantitative estimate of drug-likeness (QED) is 0.516. The van der Waals surface area contributed by atoms with Crippen molar-refractivity contribution in [3.8, 4) is 11.5 Å². The first-order chi connectivity index (χ1) is 13.4. The molecule has 1 aliphatic rings. The highest BCUT2D eigenvalue weighted by Gasteiger charge is 2.36. The average molecular weight is 438 g/mol. The maximum atomic E-state index is 12.8. The molecule has 146 valence electrons. The van der Waals surface area contributed by atoms with E-state index in [1.165, 1.54) is 6.07 Å². The van der Waals surface area contributed by atoms with Crippen molar-refractivity contribution in [3.05, 3.63) is 56.9 Å². The van der Waals surface area contributed by atoms with Crippen LogP contribution in [0.15, 0.2) is 41.3 Å². The second kappa shape index (κ2) is 8.90. The van der Waals surface area contributed by atoms with Crippen molar-refractivity contribution in [3.63, 3.8) is 0 Å². The summed E-state index contributed by atoms with van der Waals surface area (Å²) in [4.78, 5) is 26.6. The van der Waals surface area contributed by atoms with Gasteiger partial charge in [-0.25, -0.2) is 4.90 Å². The lowest BCUT2D eigenvalue weighted by atomic mass is 10.1. The van der Waals surface area contributed by atoms with Gasteiger partial charge in [-0.3, -0.25) is 9.59 Å². The smallest absolute Gasteiger partial charge is 0.298 e. The number of nitrogens with zero attached hydrogens (tertiary/aromatic N) is 1. The van der Waals surface area contributed by atoms with Gasteiger partial charge in [-0.1, -0.05) is 29.3 Å². The third-order valence-corrected chi connectivity index (χ3v) is 5.43. The number of anilines is 1. The Kier molecular flexibility index (Phi) is 6.54. The molecular formula is C20H17Cl2NO4S. The van der Waals surface area contributed by atoms with Crippen LogP contribution in [-0.2, 0) is 4.79 Å². The van der Waals surface area contributed by atoms with Crippen molar-refractivity contribution in [2.24, 2.45) is 0 Å². The lowest BCUT2D eigenvalue weighted by Gasteiger charge is -2.13. The minimum absolute atomic E-state index is 0.273. The number of hydrogen-bond donors (Lipinski definition) is 0. The Morgan fingerprint density at radius 1 is 0.964 bits per heavy atom.